The Hall–Kier alpha value is -0.870. The van der Waals surface area contributed by atoms with E-state index in [1.807, 2.05) is 0 Å². The Kier molecular flexibility index (Phi) is 4.63. The molecule has 2 rings (SSSR count). The lowest BCUT2D eigenvalue weighted by Gasteiger charge is -2.27. The summed E-state index contributed by atoms with van der Waals surface area (Å²) in [6, 6.07) is 9.16. The molecule has 1 N–H and O–H groups in total. The summed E-state index contributed by atoms with van der Waals surface area (Å²) >= 11 is 0. The third-order valence-electron chi connectivity index (χ3n) is 3.86. The minimum absolute atomic E-state index is 0.335. The zero-order valence-electron chi connectivity index (χ0n) is 11.7. The molecule has 1 unspecified atom stereocenters. The molecule has 3 nitrogen and oxygen atoms in total. The van der Waals surface area contributed by atoms with Crippen LogP contribution in [0.25, 0.3) is 0 Å². The van der Waals surface area contributed by atoms with Gasteiger partial charge in [-0.2, -0.15) is 0 Å². The maximum atomic E-state index is 11.4. The van der Waals surface area contributed by atoms with Crippen LogP contribution < -0.4 is 5.32 Å². The second-order valence-electron chi connectivity index (χ2n) is 5.62. The highest BCUT2D eigenvalue weighted by Gasteiger charge is 2.24. The first-order valence-electron chi connectivity index (χ1n) is 6.97. The first-order chi connectivity index (χ1) is 8.96. The van der Waals surface area contributed by atoms with E-state index in [2.05, 4.69) is 43.4 Å². The third-order valence-corrected chi connectivity index (χ3v) is 5.58. The molecule has 0 bridgehead atoms. The average Bonchev–Trinajstić information content (AvgIpc) is 2.35. The third kappa shape index (κ3) is 4.32. The lowest BCUT2D eigenvalue weighted by molar-refractivity contribution is 0.411. The number of rotatable bonds is 4. The highest BCUT2D eigenvalue weighted by atomic mass is 32.2. The SMILES string of the molecule is Cc1ccccc1CC(C)NC1CCS(=O)(=O)CC1. The van der Waals surface area contributed by atoms with E-state index in [-0.39, 0.29) is 0 Å². The van der Waals surface area contributed by atoms with Gasteiger partial charge in [0.1, 0.15) is 9.84 Å². The molecular formula is C15H23NO2S. The van der Waals surface area contributed by atoms with Crippen LogP contribution in [-0.4, -0.2) is 32.0 Å². The zero-order chi connectivity index (χ0) is 13.9. The van der Waals surface area contributed by atoms with Gasteiger partial charge in [0.2, 0.25) is 0 Å². The van der Waals surface area contributed by atoms with Crippen LogP contribution in [-0.2, 0) is 16.3 Å². The average molecular weight is 281 g/mol. The molecule has 0 saturated carbocycles. The van der Waals surface area contributed by atoms with Gasteiger partial charge in [-0.05, 0) is 44.2 Å². The largest absolute Gasteiger partial charge is 0.311 e. The van der Waals surface area contributed by atoms with E-state index in [4.69, 9.17) is 0 Å². The van der Waals surface area contributed by atoms with Crippen LogP contribution in [0.1, 0.15) is 30.9 Å². The number of hydrogen-bond acceptors (Lipinski definition) is 3. The fourth-order valence-corrected chi connectivity index (χ4v) is 4.18. The lowest BCUT2D eigenvalue weighted by atomic mass is 10.0. The van der Waals surface area contributed by atoms with Crippen LogP contribution in [0.2, 0.25) is 0 Å². The van der Waals surface area contributed by atoms with Crippen molar-refractivity contribution in [3.63, 3.8) is 0 Å². The predicted molar refractivity (Wildman–Crippen MR) is 79.2 cm³/mol. The normalized spacial score (nSPS) is 21.2. The maximum Gasteiger partial charge on any atom is 0.150 e. The van der Waals surface area contributed by atoms with Gasteiger partial charge in [0.15, 0.2) is 0 Å². The Morgan fingerprint density at radius 1 is 1.26 bits per heavy atom. The van der Waals surface area contributed by atoms with Crippen molar-refractivity contribution in [3.8, 4) is 0 Å². The van der Waals surface area contributed by atoms with Crippen LogP contribution in [0.5, 0.6) is 0 Å². The van der Waals surface area contributed by atoms with Gasteiger partial charge >= 0.3 is 0 Å². The molecular weight excluding hydrogens is 258 g/mol. The summed E-state index contributed by atoms with van der Waals surface area (Å²) < 4.78 is 22.8. The molecule has 1 aromatic carbocycles. The fourth-order valence-electron chi connectivity index (χ4n) is 2.69. The highest BCUT2D eigenvalue weighted by molar-refractivity contribution is 7.91. The Balaban J connectivity index is 1.85. The standard InChI is InChI=1S/C15H23NO2S/c1-12-5-3-4-6-14(12)11-13(2)16-15-7-9-19(17,18)10-8-15/h3-6,13,15-16H,7-11H2,1-2H3. The van der Waals surface area contributed by atoms with Crippen LogP contribution >= 0.6 is 0 Å². The molecule has 0 aliphatic carbocycles. The molecule has 0 radical (unpaired) electrons. The second-order valence-corrected chi connectivity index (χ2v) is 7.93. The summed E-state index contributed by atoms with van der Waals surface area (Å²) in [5.41, 5.74) is 2.69. The highest BCUT2D eigenvalue weighted by Crippen LogP contribution is 2.15. The molecule has 1 heterocycles. The molecule has 1 aliphatic heterocycles. The number of nitrogens with one attached hydrogen (secondary N) is 1. The van der Waals surface area contributed by atoms with E-state index in [0.29, 0.717) is 23.6 Å². The molecule has 0 aromatic heterocycles. The van der Waals surface area contributed by atoms with Crippen LogP contribution in [0, 0.1) is 6.92 Å². The van der Waals surface area contributed by atoms with E-state index in [0.717, 1.165) is 19.3 Å². The molecule has 1 aromatic rings. The van der Waals surface area contributed by atoms with Gasteiger partial charge in [-0.1, -0.05) is 24.3 Å². The Bertz CT molecular complexity index is 511. The maximum absolute atomic E-state index is 11.4. The van der Waals surface area contributed by atoms with Crippen molar-refractivity contribution in [2.24, 2.45) is 0 Å². The van der Waals surface area contributed by atoms with Crippen molar-refractivity contribution in [3.05, 3.63) is 35.4 Å². The van der Waals surface area contributed by atoms with Gasteiger partial charge in [0.05, 0.1) is 11.5 Å². The summed E-state index contributed by atoms with van der Waals surface area (Å²) in [6.45, 7) is 4.31. The van der Waals surface area contributed by atoms with Gasteiger partial charge in [0.25, 0.3) is 0 Å². The molecule has 1 aliphatic rings. The van der Waals surface area contributed by atoms with Crippen LogP contribution in [0.15, 0.2) is 24.3 Å². The van der Waals surface area contributed by atoms with Crippen molar-refractivity contribution in [2.75, 3.05) is 11.5 Å². The molecule has 0 spiro atoms. The Morgan fingerprint density at radius 2 is 1.89 bits per heavy atom. The van der Waals surface area contributed by atoms with E-state index >= 15 is 0 Å². The van der Waals surface area contributed by atoms with Gasteiger partial charge < -0.3 is 5.32 Å². The number of hydrogen-bond donors (Lipinski definition) is 1. The number of benzene rings is 1. The summed E-state index contributed by atoms with van der Waals surface area (Å²) in [5.74, 6) is 0.670. The molecule has 1 saturated heterocycles. The summed E-state index contributed by atoms with van der Waals surface area (Å²) in [7, 11) is -2.76. The fraction of sp³-hybridized carbons (Fsp3) is 0.600. The van der Waals surface area contributed by atoms with Crippen LogP contribution in [0.4, 0.5) is 0 Å². The monoisotopic (exact) mass is 281 g/mol. The molecule has 4 heteroatoms. The van der Waals surface area contributed by atoms with Crippen LogP contribution in [0.3, 0.4) is 0 Å². The van der Waals surface area contributed by atoms with Crippen molar-refractivity contribution in [2.45, 2.75) is 45.2 Å². The Morgan fingerprint density at radius 3 is 2.53 bits per heavy atom. The minimum Gasteiger partial charge on any atom is -0.311 e. The van der Waals surface area contributed by atoms with Gasteiger partial charge in [-0.25, -0.2) is 8.42 Å². The zero-order valence-corrected chi connectivity index (χ0v) is 12.5. The molecule has 1 fully saturated rings. The smallest absolute Gasteiger partial charge is 0.150 e. The quantitative estimate of drug-likeness (QED) is 0.919. The van der Waals surface area contributed by atoms with Crippen molar-refractivity contribution in [1.29, 1.82) is 0 Å². The minimum atomic E-state index is -2.76. The number of aryl methyl sites for hydroxylation is 1. The van der Waals surface area contributed by atoms with E-state index in [9.17, 15) is 8.42 Å². The van der Waals surface area contributed by atoms with Crippen molar-refractivity contribution in [1.82, 2.24) is 5.32 Å². The molecule has 0 amide bonds. The molecule has 19 heavy (non-hydrogen) atoms. The summed E-state index contributed by atoms with van der Waals surface area (Å²) in [4.78, 5) is 0. The van der Waals surface area contributed by atoms with Crippen molar-refractivity contribution < 1.29 is 8.42 Å². The topological polar surface area (TPSA) is 46.2 Å². The van der Waals surface area contributed by atoms with Gasteiger partial charge in [-0.15, -0.1) is 0 Å². The van der Waals surface area contributed by atoms with E-state index in [1.54, 1.807) is 0 Å². The second kappa shape index (κ2) is 6.06. The van der Waals surface area contributed by atoms with E-state index < -0.39 is 9.84 Å². The predicted octanol–water partition coefficient (Wildman–Crippen LogP) is 2.09. The summed E-state index contributed by atoms with van der Waals surface area (Å²) in [6.07, 6.45) is 2.50. The Labute approximate surface area is 116 Å². The summed E-state index contributed by atoms with van der Waals surface area (Å²) in [5, 5.41) is 3.57. The number of sulfone groups is 1. The van der Waals surface area contributed by atoms with Gasteiger partial charge in [-0.3, -0.25) is 0 Å². The lowest BCUT2D eigenvalue weighted by Crippen LogP contribution is -2.42. The molecule has 106 valence electrons. The van der Waals surface area contributed by atoms with E-state index in [1.165, 1.54) is 11.1 Å². The molecule has 1 atom stereocenters. The van der Waals surface area contributed by atoms with Crippen molar-refractivity contribution >= 4 is 9.84 Å². The first-order valence-corrected chi connectivity index (χ1v) is 8.79. The first kappa shape index (κ1) is 14.5. The van der Waals surface area contributed by atoms with Gasteiger partial charge in [0, 0.05) is 12.1 Å².